The van der Waals surface area contributed by atoms with Crippen molar-refractivity contribution in [1.82, 2.24) is 5.32 Å². The van der Waals surface area contributed by atoms with Gasteiger partial charge in [-0.3, -0.25) is 14.3 Å². The highest BCUT2D eigenvalue weighted by Crippen LogP contribution is 2.29. The van der Waals surface area contributed by atoms with Crippen LogP contribution in [-0.2, 0) is 15.6 Å². The fourth-order valence-corrected chi connectivity index (χ4v) is 4.08. The summed E-state index contributed by atoms with van der Waals surface area (Å²) < 4.78 is 12.5. The molecule has 1 fully saturated rings. The van der Waals surface area contributed by atoms with Crippen LogP contribution in [0.1, 0.15) is 11.6 Å². The number of hydrogen-bond donors (Lipinski definition) is 2. The predicted molar refractivity (Wildman–Crippen MR) is 74.3 cm³/mol. The molecule has 0 radical (unpaired) electrons. The van der Waals surface area contributed by atoms with Crippen LogP contribution in [0.4, 0.5) is 0 Å². The molecule has 1 aromatic rings. The number of benzene rings is 1. The van der Waals surface area contributed by atoms with Crippen molar-refractivity contribution >= 4 is 44.3 Å². The van der Waals surface area contributed by atoms with Crippen molar-refractivity contribution in [2.75, 3.05) is 11.5 Å². The number of carboxylic acids is 1. The van der Waals surface area contributed by atoms with Crippen LogP contribution in [0.2, 0.25) is 5.02 Å². The van der Waals surface area contributed by atoms with Crippen LogP contribution in [0.3, 0.4) is 0 Å². The number of nitrogens with one attached hydrogen (secondary N) is 1. The van der Waals surface area contributed by atoms with E-state index in [-0.39, 0.29) is 11.8 Å². The second-order valence-corrected chi connectivity index (χ2v) is 6.92. The van der Waals surface area contributed by atoms with E-state index in [1.165, 1.54) is 0 Å². The Morgan fingerprint density at radius 2 is 2.22 bits per heavy atom. The van der Waals surface area contributed by atoms with Crippen molar-refractivity contribution in [2.45, 2.75) is 12.1 Å². The highest BCUT2D eigenvalue weighted by atomic mass is 79.9. The second kappa shape index (κ2) is 5.69. The summed E-state index contributed by atoms with van der Waals surface area (Å²) in [5.74, 6) is -0.466. The second-order valence-electron chi connectivity index (χ2n) is 4.05. The van der Waals surface area contributed by atoms with E-state index < -0.39 is 22.8 Å². The van der Waals surface area contributed by atoms with Gasteiger partial charge in [-0.05, 0) is 17.7 Å². The molecule has 0 amide bonds. The Morgan fingerprint density at radius 1 is 1.50 bits per heavy atom. The molecule has 1 aliphatic heterocycles. The highest BCUT2D eigenvalue weighted by Gasteiger charge is 2.31. The van der Waals surface area contributed by atoms with Gasteiger partial charge >= 0.3 is 5.97 Å². The summed E-state index contributed by atoms with van der Waals surface area (Å²) in [6.07, 6.45) is 0. The van der Waals surface area contributed by atoms with Crippen LogP contribution in [0, 0.1) is 0 Å². The average molecular weight is 353 g/mol. The SMILES string of the molecule is O=C(O)C1CS(=O)CC(c2ccc(Br)cc2Cl)N1. The maximum Gasteiger partial charge on any atom is 0.321 e. The number of hydrogen-bond acceptors (Lipinski definition) is 3. The van der Waals surface area contributed by atoms with Crippen molar-refractivity contribution in [3.05, 3.63) is 33.3 Å². The Balaban J connectivity index is 2.26. The summed E-state index contributed by atoms with van der Waals surface area (Å²) >= 11 is 9.43. The van der Waals surface area contributed by atoms with Crippen molar-refractivity contribution in [3.63, 3.8) is 0 Å². The molecule has 7 heteroatoms. The first kappa shape index (κ1) is 14.0. The maximum absolute atomic E-state index is 11.7. The van der Waals surface area contributed by atoms with Gasteiger partial charge in [-0.1, -0.05) is 33.6 Å². The van der Waals surface area contributed by atoms with Gasteiger partial charge in [0.1, 0.15) is 6.04 Å². The zero-order valence-electron chi connectivity index (χ0n) is 9.23. The van der Waals surface area contributed by atoms with Crippen molar-refractivity contribution in [3.8, 4) is 0 Å². The summed E-state index contributed by atoms with van der Waals surface area (Å²) in [6, 6.07) is 4.30. The molecule has 3 atom stereocenters. The lowest BCUT2D eigenvalue weighted by atomic mass is 10.1. The van der Waals surface area contributed by atoms with Gasteiger partial charge in [0.05, 0.1) is 0 Å². The molecule has 0 bridgehead atoms. The Labute approximate surface area is 120 Å². The largest absolute Gasteiger partial charge is 0.480 e. The molecule has 0 aliphatic carbocycles. The molecule has 0 spiro atoms. The van der Waals surface area contributed by atoms with E-state index in [1.807, 2.05) is 12.1 Å². The summed E-state index contributed by atoms with van der Waals surface area (Å²) in [5.41, 5.74) is 0.777. The molecule has 0 aromatic heterocycles. The number of carboxylic acid groups (broad SMARTS) is 1. The number of carbonyl (C=O) groups is 1. The normalized spacial score (nSPS) is 28.0. The van der Waals surface area contributed by atoms with Gasteiger partial charge < -0.3 is 5.11 Å². The van der Waals surface area contributed by atoms with E-state index in [0.717, 1.165) is 10.0 Å². The third-order valence-corrected chi connectivity index (χ3v) is 4.97. The van der Waals surface area contributed by atoms with Gasteiger partial charge in [0.2, 0.25) is 0 Å². The van der Waals surface area contributed by atoms with E-state index in [9.17, 15) is 9.00 Å². The van der Waals surface area contributed by atoms with Gasteiger partial charge in [0.25, 0.3) is 0 Å². The van der Waals surface area contributed by atoms with E-state index in [4.69, 9.17) is 16.7 Å². The lowest BCUT2D eigenvalue weighted by Gasteiger charge is -2.29. The smallest absolute Gasteiger partial charge is 0.321 e. The average Bonchev–Trinajstić information content (AvgIpc) is 2.27. The first-order chi connectivity index (χ1) is 8.47. The Morgan fingerprint density at radius 3 is 2.83 bits per heavy atom. The Hall–Kier alpha value is -0.430. The molecule has 2 N–H and O–H groups in total. The first-order valence-corrected chi connectivity index (χ1v) is 7.92. The van der Waals surface area contributed by atoms with Gasteiger partial charge in [-0.2, -0.15) is 0 Å². The highest BCUT2D eigenvalue weighted by molar-refractivity contribution is 9.10. The predicted octanol–water partition coefficient (Wildman–Crippen LogP) is 1.95. The summed E-state index contributed by atoms with van der Waals surface area (Å²) in [7, 11) is -1.15. The fourth-order valence-electron chi connectivity index (χ4n) is 1.89. The molecule has 1 aliphatic rings. The number of rotatable bonds is 2. The van der Waals surface area contributed by atoms with Crippen LogP contribution < -0.4 is 5.32 Å². The fraction of sp³-hybridized carbons (Fsp3) is 0.364. The van der Waals surface area contributed by atoms with Crippen molar-refractivity contribution in [1.29, 1.82) is 0 Å². The third-order valence-electron chi connectivity index (χ3n) is 2.74. The standard InChI is InChI=1S/C11H11BrClNO3S/c12-6-1-2-7(8(13)3-6)9-4-18(17)5-10(14-9)11(15)16/h1-3,9-10,14H,4-5H2,(H,15,16). The molecule has 4 nitrogen and oxygen atoms in total. The van der Waals surface area contributed by atoms with E-state index in [2.05, 4.69) is 21.2 Å². The quantitative estimate of drug-likeness (QED) is 0.854. The zero-order chi connectivity index (χ0) is 13.3. The molecule has 2 rings (SSSR count). The molecule has 1 saturated heterocycles. The monoisotopic (exact) mass is 351 g/mol. The lowest BCUT2D eigenvalue weighted by Crippen LogP contribution is -2.49. The van der Waals surface area contributed by atoms with Crippen LogP contribution in [0.5, 0.6) is 0 Å². The Bertz CT molecular complexity index is 511. The van der Waals surface area contributed by atoms with Crippen LogP contribution >= 0.6 is 27.5 Å². The van der Waals surface area contributed by atoms with Crippen LogP contribution in [0.25, 0.3) is 0 Å². The minimum Gasteiger partial charge on any atom is -0.480 e. The minimum absolute atomic E-state index is 0.139. The van der Waals surface area contributed by atoms with Gasteiger partial charge in [-0.25, -0.2) is 0 Å². The molecule has 18 heavy (non-hydrogen) atoms. The van der Waals surface area contributed by atoms with Crippen molar-refractivity contribution < 1.29 is 14.1 Å². The molecular formula is C11H11BrClNO3S. The Kier molecular flexibility index (Phi) is 4.42. The van der Waals surface area contributed by atoms with Crippen molar-refractivity contribution in [2.24, 2.45) is 0 Å². The topological polar surface area (TPSA) is 66.4 Å². The number of aliphatic carboxylic acids is 1. The minimum atomic E-state index is -1.15. The molecule has 3 unspecified atom stereocenters. The zero-order valence-corrected chi connectivity index (χ0v) is 12.4. The number of halogens is 2. The van der Waals surface area contributed by atoms with Crippen LogP contribution in [-0.4, -0.2) is 32.8 Å². The summed E-state index contributed by atoms with van der Waals surface area (Å²) in [4.78, 5) is 11.0. The van der Waals surface area contributed by atoms with Crippen LogP contribution in [0.15, 0.2) is 22.7 Å². The van der Waals surface area contributed by atoms with Gasteiger partial charge in [0.15, 0.2) is 0 Å². The molecule has 1 aromatic carbocycles. The first-order valence-electron chi connectivity index (χ1n) is 5.26. The van der Waals surface area contributed by atoms with E-state index in [0.29, 0.717) is 10.8 Å². The summed E-state index contributed by atoms with van der Waals surface area (Å²) in [6.45, 7) is 0. The molecule has 98 valence electrons. The lowest BCUT2D eigenvalue weighted by molar-refractivity contribution is -0.139. The van der Waals surface area contributed by atoms with Gasteiger partial charge in [-0.15, -0.1) is 0 Å². The van der Waals surface area contributed by atoms with Gasteiger partial charge in [0, 0.05) is 37.8 Å². The molecule has 0 saturated carbocycles. The van der Waals surface area contributed by atoms with E-state index in [1.54, 1.807) is 6.07 Å². The van der Waals surface area contributed by atoms with E-state index >= 15 is 0 Å². The molecular weight excluding hydrogens is 342 g/mol. The maximum atomic E-state index is 11.7. The summed E-state index contributed by atoms with van der Waals surface area (Å²) in [5, 5.41) is 12.5. The molecule has 1 heterocycles. The third kappa shape index (κ3) is 3.12.